The average Bonchev–Trinajstić information content (AvgIpc) is 3.09. The molecule has 0 aromatic carbocycles. The van der Waals surface area contributed by atoms with Crippen molar-refractivity contribution in [2.75, 3.05) is 12.4 Å². The third-order valence-electron chi connectivity index (χ3n) is 3.52. The van der Waals surface area contributed by atoms with Crippen LogP contribution in [0.25, 0.3) is 0 Å². The van der Waals surface area contributed by atoms with E-state index in [0.29, 0.717) is 18.3 Å². The van der Waals surface area contributed by atoms with Gasteiger partial charge in [0.25, 0.3) is 0 Å². The van der Waals surface area contributed by atoms with E-state index in [9.17, 15) is 4.79 Å². The first kappa shape index (κ1) is 17.4. The van der Waals surface area contributed by atoms with Crippen molar-refractivity contribution in [2.24, 2.45) is 7.05 Å². The third-order valence-corrected chi connectivity index (χ3v) is 4.32. The number of carbonyl (C=O) groups is 1. The van der Waals surface area contributed by atoms with E-state index in [4.69, 9.17) is 4.74 Å². The number of amides is 2. The smallest absolute Gasteiger partial charge is 0.321 e. The van der Waals surface area contributed by atoms with Crippen molar-refractivity contribution in [3.05, 3.63) is 28.0 Å². The number of nitrogens with one attached hydrogen (secondary N) is 2. The Morgan fingerprint density at radius 1 is 1.39 bits per heavy atom. The van der Waals surface area contributed by atoms with Gasteiger partial charge in [-0.1, -0.05) is 13.8 Å². The second-order valence-corrected chi connectivity index (χ2v) is 5.95. The number of thiazole rings is 1. The number of anilines is 1. The summed E-state index contributed by atoms with van der Waals surface area (Å²) in [6.45, 7) is 5.06. The number of hydrogen-bond donors (Lipinski definition) is 2. The van der Waals surface area contributed by atoms with Crippen LogP contribution in [0, 0.1) is 0 Å². The Balaban J connectivity index is 1.96. The van der Waals surface area contributed by atoms with Gasteiger partial charge >= 0.3 is 6.03 Å². The molecule has 2 aromatic rings. The van der Waals surface area contributed by atoms with Gasteiger partial charge in [-0.3, -0.25) is 10.00 Å². The molecule has 0 bridgehead atoms. The van der Waals surface area contributed by atoms with Gasteiger partial charge in [-0.05, 0) is 12.8 Å². The summed E-state index contributed by atoms with van der Waals surface area (Å²) in [6.07, 6.45) is 1.73. The van der Waals surface area contributed by atoms with Crippen molar-refractivity contribution >= 4 is 22.5 Å². The van der Waals surface area contributed by atoms with E-state index in [-0.39, 0.29) is 6.03 Å². The minimum absolute atomic E-state index is 0.267. The minimum Gasteiger partial charge on any atom is -0.378 e. The van der Waals surface area contributed by atoms with Crippen LogP contribution >= 0.6 is 11.3 Å². The maximum absolute atomic E-state index is 12.0. The maximum atomic E-state index is 12.0. The molecule has 0 atom stereocenters. The summed E-state index contributed by atoms with van der Waals surface area (Å²) in [4.78, 5) is 16.3. The lowest BCUT2D eigenvalue weighted by Gasteiger charge is -2.07. The number of aromatic nitrogens is 3. The van der Waals surface area contributed by atoms with Crippen LogP contribution in [0.2, 0.25) is 0 Å². The zero-order chi connectivity index (χ0) is 16.8. The van der Waals surface area contributed by atoms with E-state index in [0.717, 1.165) is 35.5 Å². The lowest BCUT2D eigenvalue weighted by Crippen LogP contribution is -2.28. The molecule has 0 saturated carbocycles. The van der Waals surface area contributed by atoms with Gasteiger partial charge in [0.2, 0.25) is 0 Å². The van der Waals surface area contributed by atoms with E-state index in [1.165, 1.54) is 11.3 Å². The Kier molecular flexibility index (Phi) is 6.12. The topological polar surface area (TPSA) is 81.1 Å². The number of carbonyl (C=O) groups excluding carboxylic acids is 1. The fourth-order valence-electron chi connectivity index (χ4n) is 2.48. The van der Waals surface area contributed by atoms with Gasteiger partial charge in [0.05, 0.1) is 18.0 Å². The summed E-state index contributed by atoms with van der Waals surface area (Å²) in [5, 5.41) is 12.6. The van der Waals surface area contributed by atoms with Crippen molar-refractivity contribution in [3.63, 3.8) is 0 Å². The van der Waals surface area contributed by atoms with Gasteiger partial charge in [0.1, 0.15) is 0 Å². The number of ether oxygens (including phenoxy) is 1. The number of hydrogen-bond acceptors (Lipinski definition) is 5. The molecule has 23 heavy (non-hydrogen) atoms. The summed E-state index contributed by atoms with van der Waals surface area (Å²) in [7, 11) is 3.55. The first-order valence-corrected chi connectivity index (χ1v) is 8.48. The van der Waals surface area contributed by atoms with Gasteiger partial charge in [-0.15, -0.1) is 11.3 Å². The molecule has 126 valence electrons. The van der Waals surface area contributed by atoms with Crippen LogP contribution in [0.1, 0.15) is 36.5 Å². The van der Waals surface area contributed by atoms with Gasteiger partial charge in [-0.2, -0.15) is 5.10 Å². The van der Waals surface area contributed by atoms with Gasteiger partial charge in [0, 0.05) is 37.3 Å². The highest BCUT2D eigenvalue weighted by molar-refractivity contribution is 7.13. The van der Waals surface area contributed by atoms with Crippen molar-refractivity contribution in [3.8, 4) is 0 Å². The van der Waals surface area contributed by atoms with Crippen LogP contribution < -0.4 is 10.6 Å². The van der Waals surface area contributed by atoms with Crippen LogP contribution in [0.4, 0.5) is 9.93 Å². The van der Waals surface area contributed by atoms with Gasteiger partial charge < -0.3 is 10.1 Å². The predicted octanol–water partition coefficient (Wildman–Crippen LogP) is 2.47. The van der Waals surface area contributed by atoms with Crippen LogP contribution in [0.5, 0.6) is 0 Å². The van der Waals surface area contributed by atoms with Crippen LogP contribution in [0.15, 0.2) is 5.38 Å². The van der Waals surface area contributed by atoms with E-state index in [2.05, 4.69) is 34.6 Å². The molecule has 0 aliphatic heterocycles. The third kappa shape index (κ3) is 4.29. The van der Waals surface area contributed by atoms with E-state index in [1.807, 2.05) is 17.1 Å². The number of nitrogens with zero attached hydrogens (tertiary/aromatic N) is 3. The second-order valence-electron chi connectivity index (χ2n) is 5.09. The predicted molar refractivity (Wildman–Crippen MR) is 90.6 cm³/mol. The molecule has 2 amide bonds. The number of rotatable bonds is 7. The first-order chi connectivity index (χ1) is 11.1. The molecule has 0 spiro atoms. The number of urea groups is 1. The van der Waals surface area contributed by atoms with Crippen LogP contribution in [0.3, 0.4) is 0 Å². The first-order valence-electron chi connectivity index (χ1n) is 7.60. The molecular weight excluding hydrogens is 314 g/mol. The summed E-state index contributed by atoms with van der Waals surface area (Å²) in [6, 6.07) is -0.267. The van der Waals surface area contributed by atoms with Crippen LogP contribution in [-0.2, 0) is 37.8 Å². The standard InChI is InChI=1S/C15H23N5O2S/c1-5-12-11(13(6-2)20(3)19-12)7-16-14(21)18-15-17-10(8-22-4)9-23-15/h9H,5-8H2,1-4H3,(H2,16,17,18,21). The van der Waals surface area contributed by atoms with Gasteiger partial charge in [-0.25, -0.2) is 9.78 Å². The lowest BCUT2D eigenvalue weighted by atomic mass is 10.1. The quantitative estimate of drug-likeness (QED) is 0.813. The molecule has 7 nitrogen and oxygen atoms in total. The molecule has 2 N–H and O–H groups in total. The molecular formula is C15H23N5O2S. The van der Waals surface area contributed by atoms with Crippen molar-refractivity contribution in [2.45, 2.75) is 39.8 Å². The Labute approximate surface area is 140 Å². The zero-order valence-corrected chi connectivity index (χ0v) is 14.8. The summed E-state index contributed by atoms with van der Waals surface area (Å²) < 4.78 is 6.91. The molecule has 0 saturated heterocycles. The normalized spacial score (nSPS) is 10.8. The summed E-state index contributed by atoms with van der Waals surface area (Å²) in [5.41, 5.74) is 4.09. The fraction of sp³-hybridized carbons (Fsp3) is 0.533. The summed E-state index contributed by atoms with van der Waals surface area (Å²) in [5.74, 6) is 0. The Morgan fingerprint density at radius 3 is 2.83 bits per heavy atom. The Bertz CT molecular complexity index is 665. The maximum Gasteiger partial charge on any atom is 0.321 e. The molecule has 0 aliphatic rings. The lowest BCUT2D eigenvalue weighted by molar-refractivity contribution is 0.182. The molecule has 2 aromatic heterocycles. The minimum atomic E-state index is -0.267. The monoisotopic (exact) mass is 337 g/mol. The largest absolute Gasteiger partial charge is 0.378 e. The summed E-state index contributed by atoms with van der Waals surface area (Å²) >= 11 is 1.38. The molecule has 0 aliphatic carbocycles. The SMILES string of the molecule is CCc1nn(C)c(CC)c1CNC(=O)Nc1nc(COC)cs1. The Hall–Kier alpha value is -1.93. The highest BCUT2D eigenvalue weighted by Gasteiger charge is 2.14. The van der Waals surface area contributed by atoms with E-state index >= 15 is 0 Å². The highest BCUT2D eigenvalue weighted by atomic mass is 32.1. The van der Waals surface area contributed by atoms with Crippen molar-refractivity contribution in [1.82, 2.24) is 20.1 Å². The van der Waals surface area contributed by atoms with Crippen LogP contribution in [-0.4, -0.2) is 27.9 Å². The van der Waals surface area contributed by atoms with Crippen molar-refractivity contribution < 1.29 is 9.53 Å². The van der Waals surface area contributed by atoms with E-state index < -0.39 is 0 Å². The molecule has 0 unspecified atom stereocenters. The second kappa shape index (κ2) is 8.07. The molecule has 0 fully saturated rings. The Morgan fingerprint density at radius 2 is 2.17 bits per heavy atom. The fourth-order valence-corrected chi connectivity index (χ4v) is 3.17. The van der Waals surface area contributed by atoms with E-state index in [1.54, 1.807) is 7.11 Å². The number of methoxy groups -OCH3 is 1. The molecule has 2 heterocycles. The molecule has 2 rings (SSSR count). The highest BCUT2D eigenvalue weighted by Crippen LogP contribution is 2.17. The number of aryl methyl sites for hydroxylation is 2. The molecule has 0 radical (unpaired) electrons. The zero-order valence-electron chi connectivity index (χ0n) is 14.0. The van der Waals surface area contributed by atoms with Crippen molar-refractivity contribution in [1.29, 1.82) is 0 Å². The molecule has 8 heteroatoms. The van der Waals surface area contributed by atoms with Gasteiger partial charge in [0.15, 0.2) is 5.13 Å². The average molecular weight is 337 g/mol.